The quantitative estimate of drug-likeness (QED) is 0.463. The van der Waals surface area contributed by atoms with E-state index in [9.17, 15) is 19.7 Å². The van der Waals surface area contributed by atoms with Crippen LogP contribution in [0.25, 0.3) is 11.2 Å². The van der Waals surface area contributed by atoms with E-state index in [0.29, 0.717) is 24.1 Å². The maximum atomic E-state index is 12.5. The molecule has 3 aromatic heterocycles. The second kappa shape index (κ2) is 5.76. The van der Waals surface area contributed by atoms with Crippen LogP contribution in [0, 0.1) is 10.1 Å². The van der Waals surface area contributed by atoms with Crippen LogP contribution in [0.1, 0.15) is 6.42 Å². The standard InChI is InChI=1S/C13H15N7O4/c1-16-7-15-11-10(16)12(21)19(13(22)17(11)2)5-3-4-18-6-9(14-8-18)20(23)24/h6-8H,3-5H2,1-2H3. The Morgan fingerprint density at radius 2 is 1.92 bits per heavy atom. The van der Waals surface area contributed by atoms with Gasteiger partial charge in [0.05, 0.1) is 6.33 Å². The normalized spacial score (nSPS) is 11.2. The summed E-state index contributed by atoms with van der Waals surface area (Å²) in [6.07, 6.45) is 4.60. The Hall–Kier alpha value is -3.24. The summed E-state index contributed by atoms with van der Waals surface area (Å²) in [6, 6.07) is 0. The highest BCUT2D eigenvalue weighted by Gasteiger charge is 2.15. The first-order valence-electron chi connectivity index (χ1n) is 7.17. The van der Waals surface area contributed by atoms with Gasteiger partial charge < -0.3 is 19.2 Å². The number of imidazole rings is 2. The minimum Gasteiger partial charge on any atom is -0.358 e. The van der Waals surface area contributed by atoms with Gasteiger partial charge in [-0.15, -0.1) is 0 Å². The van der Waals surface area contributed by atoms with Crippen LogP contribution in [0.4, 0.5) is 5.82 Å². The molecule has 0 aliphatic rings. The van der Waals surface area contributed by atoms with Crippen LogP contribution >= 0.6 is 0 Å². The van der Waals surface area contributed by atoms with Crippen LogP contribution in [0.5, 0.6) is 0 Å². The molecule has 0 amide bonds. The highest BCUT2D eigenvalue weighted by atomic mass is 16.6. The molecule has 3 aromatic rings. The van der Waals surface area contributed by atoms with Gasteiger partial charge in [-0.05, 0) is 16.3 Å². The Bertz CT molecular complexity index is 1040. The zero-order valence-corrected chi connectivity index (χ0v) is 13.1. The van der Waals surface area contributed by atoms with Crippen LogP contribution in [-0.2, 0) is 27.2 Å². The van der Waals surface area contributed by atoms with E-state index in [1.165, 1.54) is 23.4 Å². The maximum absolute atomic E-state index is 12.5. The van der Waals surface area contributed by atoms with Gasteiger partial charge in [0.1, 0.15) is 6.20 Å². The van der Waals surface area contributed by atoms with E-state index in [1.54, 1.807) is 23.2 Å². The molecular weight excluding hydrogens is 318 g/mol. The molecule has 0 unspecified atom stereocenters. The van der Waals surface area contributed by atoms with Gasteiger partial charge in [-0.1, -0.05) is 0 Å². The third kappa shape index (κ3) is 2.49. The molecule has 0 radical (unpaired) electrons. The van der Waals surface area contributed by atoms with Gasteiger partial charge in [-0.2, -0.15) is 0 Å². The molecule has 0 fully saturated rings. The first-order valence-corrected chi connectivity index (χ1v) is 7.17. The molecule has 0 aromatic carbocycles. The van der Waals surface area contributed by atoms with E-state index in [1.807, 2.05) is 0 Å². The smallest absolute Gasteiger partial charge is 0.358 e. The Kier molecular flexibility index (Phi) is 3.75. The second-order valence-corrected chi connectivity index (χ2v) is 5.41. The molecule has 11 nitrogen and oxygen atoms in total. The fraction of sp³-hybridized carbons (Fsp3) is 0.385. The molecule has 0 saturated carbocycles. The number of aryl methyl sites for hydroxylation is 3. The van der Waals surface area contributed by atoms with Gasteiger partial charge in [-0.25, -0.2) is 9.78 Å². The zero-order chi connectivity index (χ0) is 17.4. The minimum atomic E-state index is -0.576. The average molecular weight is 333 g/mol. The molecule has 3 heterocycles. The number of hydrogen-bond donors (Lipinski definition) is 0. The molecule has 0 bridgehead atoms. The molecule has 0 atom stereocenters. The predicted molar refractivity (Wildman–Crippen MR) is 83.7 cm³/mol. The lowest BCUT2D eigenvalue weighted by Gasteiger charge is -2.08. The monoisotopic (exact) mass is 333 g/mol. The molecule has 3 rings (SSSR count). The van der Waals surface area contributed by atoms with Crippen molar-refractivity contribution in [2.75, 3.05) is 0 Å². The Balaban J connectivity index is 1.85. The number of rotatable bonds is 5. The zero-order valence-electron chi connectivity index (χ0n) is 13.1. The van der Waals surface area contributed by atoms with Crippen LogP contribution in [0.15, 0.2) is 28.4 Å². The number of hydrogen-bond acceptors (Lipinski definition) is 6. The van der Waals surface area contributed by atoms with Crippen LogP contribution in [0.3, 0.4) is 0 Å². The first kappa shape index (κ1) is 15.6. The molecule has 0 aliphatic heterocycles. The van der Waals surface area contributed by atoms with Crippen LogP contribution in [0.2, 0.25) is 0 Å². The molecule has 126 valence electrons. The van der Waals surface area contributed by atoms with Gasteiger partial charge in [0.25, 0.3) is 5.56 Å². The van der Waals surface area contributed by atoms with Gasteiger partial charge in [0.15, 0.2) is 11.2 Å². The lowest BCUT2D eigenvalue weighted by Crippen LogP contribution is -2.39. The largest absolute Gasteiger partial charge is 0.381 e. The molecule has 11 heteroatoms. The van der Waals surface area contributed by atoms with Crippen molar-refractivity contribution >= 4 is 17.0 Å². The fourth-order valence-corrected chi connectivity index (χ4v) is 2.57. The van der Waals surface area contributed by atoms with Crippen molar-refractivity contribution in [1.29, 1.82) is 0 Å². The number of nitro groups is 1. The Morgan fingerprint density at radius 3 is 2.58 bits per heavy atom. The van der Waals surface area contributed by atoms with E-state index in [0.717, 1.165) is 4.57 Å². The van der Waals surface area contributed by atoms with Crippen LogP contribution < -0.4 is 11.2 Å². The Morgan fingerprint density at radius 1 is 1.17 bits per heavy atom. The SMILES string of the molecule is Cn1cnc2c1c(=O)n(CCCn1cnc([N+](=O)[O-])c1)c(=O)n2C. The fourth-order valence-electron chi connectivity index (χ4n) is 2.57. The lowest BCUT2D eigenvalue weighted by atomic mass is 10.4. The van der Waals surface area contributed by atoms with Crippen LogP contribution in [-0.4, -0.2) is 33.2 Å². The minimum absolute atomic E-state index is 0.193. The molecule has 24 heavy (non-hydrogen) atoms. The summed E-state index contributed by atoms with van der Waals surface area (Å²) in [5.74, 6) is -0.237. The van der Waals surface area contributed by atoms with Crippen molar-refractivity contribution in [3.05, 3.63) is 49.8 Å². The molecule has 0 aliphatic carbocycles. The van der Waals surface area contributed by atoms with Crippen molar-refractivity contribution in [1.82, 2.24) is 28.2 Å². The number of nitrogens with zero attached hydrogens (tertiary/aromatic N) is 7. The van der Waals surface area contributed by atoms with Crippen molar-refractivity contribution in [2.24, 2.45) is 14.1 Å². The predicted octanol–water partition coefficient (Wildman–Crippen LogP) is -0.371. The van der Waals surface area contributed by atoms with E-state index in [2.05, 4.69) is 9.97 Å². The third-order valence-electron chi connectivity index (χ3n) is 3.81. The van der Waals surface area contributed by atoms with E-state index < -0.39 is 16.2 Å². The molecule has 0 saturated heterocycles. The molecule has 0 N–H and O–H groups in total. The highest BCUT2D eigenvalue weighted by Crippen LogP contribution is 2.07. The topological polar surface area (TPSA) is 123 Å². The summed E-state index contributed by atoms with van der Waals surface area (Å²) < 4.78 is 5.61. The van der Waals surface area contributed by atoms with Crippen molar-refractivity contribution in [3.8, 4) is 0 Å². The summed E-state index contributed by atoms with van der Waals surface area (Å²) in [5.41, 5.74) is -0.142. The average Bonchev–Trinajstić information content (AvgIpc) is 3.15. The van der Waals surface area contributed by atoms with E-state index in [-0.39, 0.29) is 12.4 Å². The number of fused-ring (bicyclic) bond motifs is 1. The van der Waals surface area contributed by atoms with Crippen molar-refractivity contribution in [2.45, 2.75) is 19.5 Å². The van der Waals surface area contributed by atoms with Gasteiger partial charge >= 0.3 is 11.5 Å². The molecular formula is C13H15N7O4. The maximum Gasteiger partial charge on any atom is 0.381 e. The summed E-state index contributed by atoms with van der Waals surface area (Å²) in [5, 5.41) is 10.6. The second-order valence-electron chi connectivity index (χ2n) is 5.41. The van der Waals surface area contributed by atoms with Gasteiger partial charge in [0.2, 0.25) is 6.33 Å². The lowest BCUT2D eigenvalue weighted by molar-refractivity contribution is -0.389. The Labute approximate surface area is 134 Å². The summed E-state index contributed by atoms with van der Waals surface area (Å²) in [4.78, 5) is 42.6. The van der Waals surface area contributed by atoms with Crippen molar-refractivity contribution in [3.63, 3.8) is 0 Å². The van der Waals surface area contributed by atoms with Gasteiger partial charge in [-0.3, -0.25) is 13.9 Å². The third-order valence-corrected chi connectivity index (χ3v) is 3.81. The first-order chi connectivity index (χ1) is 11.4. The highest BCUT2D eigenvalue weighted by molar-refractivity contribution is 5.69. The summed E-state index contributed by atoms with van der Waals surface area (Å²) in [7, 11) is 3.25. The molecule has 0 spiro atoms. The van der Waals surface area contributed by atoms with Gasteiger partial charge in [0, 0.05) is 27.2 Å². The van der Waals surface area contributed by atoms with E-state index in [4.69, 9.17) is 0 Å². The van der Waals surface area contributed by atoms with E-state index >= 15 is 0 Å². The summed E-state index contributed by atoms with van der Waals surface area (Å²) in [6.45, 7) is 0.596. The summed E-state index contributed by atoms with van der Waals surface area (Å²) >= 11 is 0. The van der Waals surface area contributed by atoms with Crippen molar-refractivity contribution < 1.29 is 4.92 Å². The number of aromatic nitrogens is 6.